The molecule has 1 aromatic carbocycles. The molecule has 1 rings (SSSR count). The Morgan fingerprint density at radius 2 is 2.00 bits per heavy atom. The van der Waals surface area contributed by atoms with Crippen molar-refractivity contribution < 1.29 is 9.53 Å². The van der Waals surface area contributed by atoms with Crippen LogP contribution >= 0.6 is 0 Å². The number of benzene rings is 1. The van der Waals surface area contributed by atoms with Gasteiger partial charge in [0.25, 0.3) is 0 Å². The minimum absolute atomic E-state index is 0.383. The van der Waals surface area contributed by atoms with Crippen molar-refractivity contribution in [2.45, 2.75) is 46.5 Å². The Morgan fingerprint density at radius 3 is 2.56 bits per heavy atom. The number of esters is 1. The lowest BCUT2D eigenvalue weighted by molar-refractivity contribution is -0.129. The number of rotatable bonds is 6. The van der Waals surface area contributed by atoms with Gasteiger partial charge in [-0.2, -0.15) is 0 Å². The summed E-state index contributed by atoms with van der Waals surface area (Å²) < 4.78 is 5.41. The smallest absolute Gasteiger partial charge is 0.335 e. The molecule has 0 radical (unpaired) electrons. The van der Waals surface area contributed by atoms with Gasteiger partial charge in [0.1, 0.15) is 5.75 Å². The van der Waals surface area contributed by atoms with Gasteiger partial charge in [0.15, 0.2) is 0 Å². The molecular weight excluding hydrogens is 224 g/mol. The topological polar surface area (TPSA) is 26.3 Å². The zero-order chi connectivity index (χ0) is 13.5. The van der Waals surface area contributed by atoms with Gasteiger partial charge in [-0.25, -0.2) is 4.79 Å². The predicted molar refractivity (Wildman–Crippen MR) is 75.0 cm³/mol. The Balaban J connectivity index is 3.14. The number of carbonyl (C=O) groups excluding carboxylic acids is 1. The van der Waals surface area contributed by atoms with Crippen molar-refractivity contribution in [2.24, 2.45) is 0 Å². The number of carbonyl (C=O) groups is 1. The Morgan fingerprint density at radius 1 is 1.33 bits per heavy atom. The van der Waals surface area contributed by atoms with Crippen molar-refractivity contribution in [1.29, 1.82) is 0 Å². The monoisotopic (exact) mass is 246 g/mol. The first kappa shape index (κ1) is 14.5. The van der Waals surface area contributed by atoms with Crippen LogP contribution < -0.4 is 4.74 Å². The van der Waals surface area contributed by atoms with Crippen LogP contribution in [0.15, 0.2) is 24.8 Å². The molecule has 2 nitrogen and oxygen atoms in total. The van der Waals surface area contributed by atoms with Crippen molar-refractivity contribution >= 4 is 5.97 Å². The van der Waals surface area contributed by atoms with E-state index in [1.807, 2.05) is 0 Å². The summed E-state index contributed by atoms with van der Waals surface area (Å²) in [5.41, 5.74) is 3.44. The number of ether oxygens (including phenoxy) is 1. The molecule has 0 aromatic heterocycles. The fourth-order valence-electron chi connectivity index (χ4n) is 2.02. The maximum Gasteiger partial charge on any atom is 0.335 e. The second-order valence-electron chi connectivity index (χ2n) is 4.49. The van der Waals surface area contributed by atoms with Crippen LogP contribution in [0.1, 0.15) is 43.4 Å². The summed E-state index contributed by atoms with van der Waals surface area (Å²) in [5.74, 6) is 0.354. The fraction of sp³-hybridized carbons (Fsp3) is 0.438. The zero-order valence-corrected chi connectivity index (χ0v) is 11.6. The van der Waals surface area contributed by atoms with E-state index in [1.165, 1.54) is 11.6 Å². The highest BCUT2D eigenvalue weighted by molar-refractivity contribution is 5.83. The Kier molecular flexibility index (Phi) is 5.63. The van der Waals surface area contributed by atoms with E-state index in [-0.39, 0.29) is 5.97 Å². The molecule has 0 heterocycles. The fourth-order valence-corrected chi connectivity index (χ4v) is 2.02. The van der Waals surface area contributed by atoms with Crippen LogP contribution in [0.5, 0.6) is 5.75 Å². The SMILES string of the molecule is C=CC(=O)Oc1c(CC)cc(C)cc1CCCC. The summed E-state index contributed by atoms with van der Waals surface area (Å²) in [6.45, 7) is 9.76. The molecule has 0 unspecified atom stereocenters. The maximum absolute atomic E-state index is 11.4. The molecular formula is C16H22O2. The van der Waals surface area contributed by atoms with Gasteiger partial charge >= 0.3 is 5.97 Å². The number of aryl methyl sites for hydroxylation is 3. The quantitative estimate of drug-likeness (QED) is 0.431. The van der Waals surface area contributed by atoms with Crippen LogP contribution in [0.2, 0.25) is 0 Å². The third-order valence-electron chi connectivity index (χ3n) is 2.94. The first-order valence-corrected chi connectivity index (χ1v) is 6.59. The van der Waals surface area contributed by atoms with Crippen molar-refractivity contribution in [3.05, 3.63) is 41.5 Å². The van der Waals surface area contributed by atoms with E-state index in [0.717, 1.165) is 42.6 Å². The van der Waals surface area contributed by atoms with Crippen LogP contribution in [-0.4, -0.2) is 5.97 Å². The summed E-state index contributed by atoms with van der Waals surface area (Å²) in [6.07, 6.45) is 5.25. The molecule has 0 atom stereocenters. The van der Waals surface area contributed by atoms with Crippen LogP contribution in [0.3, 0.4) is 0 Å². The van der Waals surface area contributed by atoms with Gasteiger partial charge in [-0.05, 0) is 37.3 Å². The lowest BCUT2D eigenvalue weighted by Gasteiger charge is -2.14. The van der Waals surface area contributed by atoms with Gasteiger partial charge in [0.2, 0.25) is 0 Å². The summed E-state index contributed by atoms with van der Waals surface area (Å²) in [4.78, 5) is 11.4. The normalized spacial score (nSPS) is 10.2. The molecule has 0 aliphatic heterocycles. The molecule has 1 aromatic rings. The number of unbranched alkanes of at least 4 members (excludes halogenated alkanes) is 1. The van der Waals surface area contributed by atoms with E-state index in [2.05, 4.69) is 39.5 Å². The zero-order valence-electron chi connectivity index (χ0n) is 11.6. The first-order chi connectivity index (χ1) is 8.62. The Bertz CT molecular complexity index is 433. The molecule has 2 heteroatoms. The van der Waals surface area contributed by atoms with Crippen molar-refractivity contribution in [3.63, 3.8) is 0 Å². The second kappa shape index (κ2) is 7.00. The third kappa shape index (κ3) is 3.73. The molecule has 0 amide bonds. The standard InChI is InChI=1S/C16H22O2/c1-5-8-9-14-11-12(4)10-13(6-2)16(14)18-15(17)7-3/h7,10-11H,3,5-6,8-9H2,1-2,4H3. The van der Waals surface area contributed by atoms with Crippen LogP contribution in [0.4, 0.5) is 0 Å². The van der Waals surface area contributed by atoms with Gasteiger partial charge in [0, 0.05) is 6.08 Å². The molecule has 0 spiro atoms. The van der Waals surface area contributed by atoms with Crippen molar-refractivity contribution in [3.8, 4) is 5.75 Å². The predicted octanol–water partition coefficient (Wildman–Crippen LogP) is 3.99. The number of hydrogen-bond donors (Lipinski definition) is 0. The molecule has 0 fully saturated rings. The lowest BCUT2D eigenvalue weighted by Crippen LogP contribution is -2.08. The summed E-state index contributed by atoms with van der Waals surface area (Å²) >= 11 is 0. The highest BCUT2D eigenvalue weighted by Crippen LogP contribution is 2.28. The minimum Gasteiger partial charge on any atom is -0.423 e. The Labute approximate surface area is 110 Å². The number of hydrogen-bond acceptors (Lipinski definition) is 2. The molecule has 0 saturated carbocycles. The second-order valence-corrected chi connectivity index (χ2v) is 4.49. The average molecular weight is 246 g/mol. The Hall–Kier alpha value is -1.57. The van der Waals surface area contributed by atoms with Crippen LogP contribution in [0.25, 0.3) is 0 Å². The largest absolute Gasteiger partial charge is 0.423 e. The highest BCUT2D eigenvalue weighted by atomic mass is 16.5. The maximum atomic E-state index is 11.4. The van der Waals surface area contributed by atoms with Crippen LogP contribution in [-0.2, 0) is 17.6 Å². The molecule has 18 heavy (non-hydrogen) atoms. The van der Waals surface area contributed by atoms with E-state index < -0.39 is 0 Å². The van der Waals surface area contributed by atoms with Gasteiger partial charge in [-0.3, -0.25) is 0 Å². The molecule has 0 saturated heterocycles. The van der Waals surface area contributed by atoms with Gasteiger partial charge in [-0.1, -0.05) is 44.5 Å². The van der Waals surface area contributed by atoms with E-state index >= 15 is 0 Å². The third-order valence-corrected chi connectivity index (χ3v) is 2.94. The molecule has 98 valence electrons. The van der Waals surface area contributed by atoms with Gasteiger partial charge in [0.05, 0.1) is 0 Å². The van der Waals surface area contributed by atoms with E-state index in [0.29, 0.717) is 0 Å². The van der Waals surface area contributed by atoms with E-state index in [1.54, 1.807) is 0 Å². The lowest BCUT2D eigenvalue weighted by atomic mass is 9.99. The van der Waals surface area contributed by atoms with Gasteiger partial charge in [-0.15, -0.1) is 0 Å². The highest BCUT2D eigenvalue weighted by Gasteiger charge is 2.12. The van der Waals surface area contributed by atoms with Crippen molar-refractivity contribution in [1.82, 2.24) is 0 Å². The van der Waals surface area contributed by atoms with E-state index in [4.69, 9.17) is 4.74 Å². The van der Waals surface area contributed by atoms with Crippen molar-refractivity contribution in [2.75, 3.05) is 0 Å². The average Bonchev–Trinajstić information content (AvgIpc) is 2.37. The van der Waals surface area contributed by atoms with E-state index in [9.17, 15) is 4.79 Å². The molecule has 0 aliphatic rings. The summed E-state index contributed by atoms with van der Waals surface area (Å²) in [5, 5.41) is 0. The molecule has 0 aliphatic carbocycles. The summed E-state index contributed by atoms with van der Waals surface area (Å²) in [6, 6.07) is 4.20. The molecule has 0 N–H and O–H groups in total. The van der Waals surface area contributed by atoms with Gasteiger partial charge < -0.3 is 4.74 Å². The van der Waals surface area contributed by atoms with Crippen LogP contribution in [0, 0.1) is 6.92 Å². The summed E-state index contributed by atoms with van der Waals surface area (Å²) in [7, 11) is 0. The minimum atomic E-state index is -0.383. The first-order valence-electron chi connectivity index (χ1n) is 6.59. The molecule has 0 bridgehead atoms.